The summed E-state index contributed by atoms with van der Waals surface area (Å²) in [5.41, 5.74) is 1.29. The van der Waals surface area contributed by atoms with Crippen LogP contribution in [0.5, 0.6) is 0 Å². The van der Waals surface area contributed by atoms with Crippen molar-refractivity contribution in [3.05, 3.63) is 136 Å². The van der Waals surface area contributed by atoms with Crippen LogP contribution in [0.3, 0.4) is 0 Å². The SMILES string of the molecule is O=C(C[C@@H](c1ccc(Br)cc1)[C@](Nc1ccccc1)(C(=O)OC12CC3CC(CC(C3)C1)C2)c1ccccc1)c1ccccc1. The van der Waals surface area contributed by atoms with Crippen molar-refractivity contribution in [2.45, 2.75) is 62.0 Å². The summed E-state index contributed by atoms with van der Waals surface area (Å²) in [7, 11) is 0. The molecule has 4 fully saturated rings. The predicted molar refractivity (Wildman–Crippen MR) is 177 cm³/mol. The van der Waals surface area contributed by atoms with Gasteiger partial charge in [-0.05, 0) is 91.7 Å². The van der Waals surface area contributed by atoms with E-state index >= 15 is 4.79 Å². The van der Waals surface area contributed by atoms with Gasteiger partial charge in [0.25, 0.3) is 0 Å². The molecule has 4 aliphatic rings. The number of ether oxygens (including phenoxy) is 1. The number of carbonyl (C=O) groups is 2. The minimum absolute atomic E-state index is 0.0173. The fourth-order valence-corrected chi connectivity index (χ4v) is 8.96. The normalized spacial score (nSPS) is 25.5. The number of carbonyl (C=O) groups excluding carboxylic acids is 2. The molecule has 5 heteroatoms. The topological polar surface area (TPSA) is 55.4 Å². The molecule has 4 aromatic carbocycles. The van der Waals surface area contributed by atoms with E-state index in [-0.39, 0.29) is 18.2 Å². The Hall–Kier alpha value is -3.70. The number of halogens is 1. The van der Waals surface area contributed by atoms with Gasteiger partial charge in [0.2, 0.25) is 0 Å². The third-order valence-corrected chi connectivity index (χ3v) is 10.8. The van der Waals surface area contributed by atoms with Gasteiger partial charge in [0.1, 0.15) is 5.60 Å². The second-order valence-electron chi connectivity index (χ2n) is 13.3. The van der Waals surface area contributed by atoms with Crippen LogP contribution in [0.1, 0.15) is 72.3 Å². The molecule has 224 valence electrons. The summed E-state index contributed by atoms with van der Waals surface area (Å²) in [6, 6.07) is 37.1. The smallest absolute Gasteiger partial charge is 0.337 e. The van der Waals surface area contributed by atoms with Crippen molar-refractivity contribution in [2.75, 3.05) is 5.32 Å². The number of Topliss-reactive ketones (excluding diaryl/α,β-unsaturated/α-hetero) is 1. The molecule has 2 atom stereocenters. The summed E-state index contributed by atoms with van der Waals surface area (Å²) in [6.45, 7) is 0. The van der Waals surface area contributed by atoms with Crippen molar-refractivity contribution >= 4 is 33.4 Å². The summed E-state index contributed by atoms with van der Waals surface area (Å²) in [5, 5.41) is 3.72. The van der Waals surface area contributed by atoms with Crippen LogP contribution in [-0.4, -0.2) is 17.4 Å². The monoisotopic (exact) mass is 647 g/mol. The zero-order valence-electron chi connectivity index (χ0n) is 24.8. The van der Waals surface area contributed by atoms with E-state index in [2.05, 4.69) is 21.2 Å². The number of para-hydroxylation sites is 1. The molecule has 4 bridgehead atoms. The molecule has 4 nitrogen and oxygen atoms in total. The maximum Gasteiger partial charge on any atom is 0.337 e. The summed E-state index contributed by atoms with van der Waals surface area (Å²) in [6.07, 6.45) is 6.71. The standard InChI is InChI=1S/C39H38BrNO3/c40-33-18-16-30(17-19-33)35(23-36(42)31-10-4-1-5-11-31)39(32-12-6-2-7-13-32,41-34-14-8-3-9-15-34)37(43)44-38-24-27-20-28(25-38)22-29(21-27)26-38/h1-19,27-29,35,41H,20-26H2/t27?,28?,29?,35-,38?,39-/m0/s1. The number of ketones is 1. The lowest BCUT2D eigenvalue weighted by molar-refractivity contribution is -0.192. The van der Waals surface area contributed by atoms with E-state index in [1.54, 1.807) is 0 Å². The Labute approximate surface area is 268 Å². The highest BCUT2D eigenvalue weighted by Crippen LogP contribution is 2.58. The van der Waals surface area contributed by atoms with Gasteiger partial charge in [0.05, 0.1) is 0 Å². The van der Waals surface area contributed by atoms with Gasteiger partial charge in [-0.15, -0.1) is 0 Å². The quantitative estimate of drug-likeness (QED) is 0.138. The average Bonchev–Trinajstić information content (AvgIpc) is 3.03. The van der Waals surface area contributed by atoms with Crippen molar-refractivity contribution in [1.82, 2.24) is 0 Å². The molecule has 0 amide bonds. The number of hydrogen-bond acceptors (Lipinski definition) is 4. The first kappa shape index (κ1) is 29.0. The Kier molecular flexibility index (Phi) is 7.92. The fourth-order valence-electron chi connectivity index (χ4n) is 8.70. The first-order valence-electron chi connectivity index (χ1n) is 15.9. The molecule has 4 aliphatic carbocycles. The maximum absolute atomic E-state index is 15.3. The van der Waals surface area contributed by atoms with Crippen LogP contribution >= 0.6 is 15.9 Å². The Morgan fingerprint density at radius 3 is 1.84 bits per heavy atom. The molecule has 0 radical (unpaired) electrons. The van der Waals surface area contributed by atoms with Crippen LogP contribution in [0.25, 0.3) is 0 Å². The summed E-state index contributed by atoms with van der Waals surface area (Å²) >= 11 is 3.59. The number of benzene rings is 4. The van der Waals surface area contributed by atoms with E-state index in [1.807, 2.05) is 115 Å². The van der Waals surface area contributed by atoms with Crippen LogP contribution in [0.2, 0.25) is 0 Å². The third kappa shape index (κ3) is 5.63. The van der Waals surface area contributed by atoms with Crippen molar-refractivity contribution in [1.29, 1.82) is 0 Å². The molecule has 0 unspecified atom stereocenters. The van der Waals surface area contributed by atoms with Crippen molar-refractivity contribution in [2.24, 2.45) is 17.8 Å². The van der Waals surface area contributed by atoms with Crippen molar-refractivity contribution < 1.29 is 14.3 Å². The number of rotatable bonds is 10. The molecule has 0 aliphatic heterocycles. The van der Waals surface area contributed by atoms with Gasteiger partial charge in [-0.25, -0.2) is 4.79 Å². The lowest BCUT2D eigenvalue weighted by atomic mass is 9.54. The lowest BCUT2D eigenvalue weighted by Crippen LogP contribution is -2.57. The number of esters is 1. The first-order valence-corrected chi connectivity index (χ1v) is 16.7. The highest BCUT2D eigenvalue weighted by Gasteiger charge is 2.57. The number of anilines is 1. The fraction of sp³-hybridized carbons (Fsp3) is 0.333. The largest absolute Gasteiger partial charge is 0.457 e. The molecule has 4 saturated carbocycles. The Balaban J connectivity index is 1.40. The number of hydrogen-bond donors (Lipinski definition) is 1. The maximum atomic E-state index is 15.3. The molecule has 0 heterocycles. The predicted octanol–water partition coefficient (Wildman–Crippen LogP) is 9.33. The zero-order valence-corrected chi connectivity index (χ0v) is 26.4. The first-order chi connectivity index (χ1) is 21.4. The molecular formula is C39H38BrNO3. The van der Waals surface area contributed by atoms with Crippen LogP contribution in [0, 0.1) is 17.8 Å². The second kappa shape index (κ2) is 12.0. The Bertz CT molecular complexity index is 1570. The molecule has 4 aromatic rings. The van der Waals surface area contributed by atoms with E-state index in [0.717, 1.165) is 40.5 Å². The van der Waals surface area contributed by atoms with Gasteiger partial charge in [0, 0.05) is 28.1 Å². The number of nitrogens with one attached hydrogen (secondary N) is 1. The molecule has 44 heavy (non-hydrogen) atoms. The van der Waals surface area contributed by atoms with Crippen molar-refractivity contribution in [3.63, 3.8) is 0 Å². The molecule has 0 saturated heterocycles. The molecular weight excluding hydrogens is 610 g/mol. The Morgan fingerprint density at radius 1 is 0.750 bits per heavy atom. The van der Waals surface area contributed by atoms with E-state index in [4.69, 9.17) is 4.74 Å². The van der Waals surface area contributed by atoms with Crippen LogP contribution in [0.4, 0.5) is 5.69 Å². The van der Waals surface area contributed by atoms with E-state index in [1.165, 1.54) is 19.3 Å². The van der Waals surface area contributed by atoms with E-state index in [9.17, 15) is 4.79 Å². The summed E-state index contributed by atoms with van der Waals surface area (Å²) < 4.78 is 7.87. The highest BCUT2D eigenvalue weighted by molar-refractivity contribution is 9.10. The molecule has 0 aromatic heterocycles. The van der Waals surface area contributed by atoms with Crippen LogP contribution in [0.15, 0.2) is 120 Å². The average molecular weight is 649 g/mol. The molecule has 1 N–H and O–H groups in total. The van der Waals surface area contributed by atoms with E-state index < -0.39 is 17.1 Å². The second-order valence-corrected chi connectivity index (χ2v) is 14.2. The van der Waals surface area contributed by atoms with Crippen LogP contribution < -0.4 is 5.32 Å². The zero-order chi connectivity index (χ0) is 30.1. The summed E-state index contributed by atoms with van der Waals surface area (Å²) in [5.74, 6) is 1.00. The highest BCUT2D eigenvalue weighted by atomic mass is 79.9. The minimum Gasteiger partial charge on any atom is -0.457 e. The van der Waals surface area contributed by atoms with Crippen molar-refractivity contribution in [3.8, 4) is 0 Å². The van der Waals surface area contributed by atoms with Gasteiger partial charge in [-0.2, -0.15) is 0 Å². The molecule has 8 rings (SSSR count). The van der Waals surface area contributed by atoms with Gasteiger partial charge in [0.15, 0.2) is 11.3 Å². The summed E-state index contributed by atoms with van der Waals surface area (Å²) in [4.78, 5) is 29.4. The van der Waals surface area contributed by atoms with Gasteiger partial charge in [-0.3, -0.25) is 4.79 Å². The molecule has 0 spiro atoms. The Morgan fingerprint density at radius 2 is 1.27 bits per heavy atom. The van der Waals surface area contributed by atoms with E-state index in [0.29, 0.717) is 23.3 Å². The lowest BCUT2D eigenvalue weighted by Gasteiger charge is -2.56. The minimum atomic E-state index is -1.37. The van der Waals surface area contributed by atoms with Gasteiger partial charge >= 0.3 is 5.97 Å². The van der Waals surface area contributed by atoms with Gasteiger partial charge < -0.3 is 10.1 Å². The van der Waals surface area contributed by atoms with Crippen LogP contribution in [-0.2, 0) is 15.1 Å². The third-order valence-electron chi connectivity index (χ3n) is 10.2. The van der Waals surface area contributed by atoms with Gasteiger partial charge in [-0.1, -0.05) is 107 Å².